The van der Waals surface area contributed by atoms with Crippen LogP contribution >= 0.6 is 23.2 Å². The molecule has 0 amide bonds. The number of hydrogen-bond acceptors (Lipinski definition) is 7. The molecule has 3 atom stereocenters. The van der Waals surface area contributed by atoms with Crippen LogP contribution in [0.1, 0.15) is 28.7 Å². The zero-order chi connectivity index (χ0) is 32.8. The summed E-state index contributed by atoms with van der Waals surface area (Å²) in [7, 11) is 0. The first-order valence-corrected chi connectivity index (χ1v) is 16.2. The molecular formula is C38H34Cl2N2O5. The van der Waals surface area contributed by atoms with Crippen molar-refractivity contribution in [2.24, 2.45) is 0 Å². The number of aliphatic hydroxyl groups is 1. The average molecular weight is 670 g/mol. The molecule has 6 aromatic rings. The summed E-state index contributed by atoms with van der Waals surface area (Å²) in [4.78, 5) is 25.7. The molecule has 0 unspecified atom stereocenters. The molecule has 0 bridgehead atoms. The Kier molecular flexibility index (Phi) is 10.5. The van der Waals surface area contributed by atoms with E-state index in [9.17, 15) is 14.7 Å². The molecule has 0 saturated carbocycles. The van der Waals surface area contributed by atoms with E-state index in [0.717, 1.165) is 21.9 Å². The van der Waals surface area contributed by atoms with Gasteiger partial charge in [-0.15, -0.1) is 0 Å². The van der Waals surface area contributed by atoms with E-state index in [1.165, 1.54) is 0 Å². The Balaban J connectivity index is 1.23. The average Bonchev–Trinajstić information content (AvgIpc) is 3.07. The van der Waals surface area contributed by atoms with Gasteiger partial charge >= 0.3 is 11.3 Å². The lowest BCUT2D eigenvalue weighted by Crippen LogP contribution is -2.46. The lowest BCUT2D eigenvalue weighted by molar-refractivity contribution is 0.104. The highest BCUT2D eigenvalue weighted by molar-refractivity contribution is 6.31. The molecule has 7 nitrogen and oxygen atoms in total. The molecule has 4 aromatic carbocycles. The molecule has 0 aliphatic rings. The maximum absolute atomic E-state index is 12.8. The van der Waals surface area contributed by atoms with Crippen molar-refractivity contribution < 1.29 is 13.9 Å². The molecule has 0 saturated heterocycles. The van der Waals surface area contributed by atoms with Crippen LogP contribution in [0.5, 0.6) is 0 Å². The minimum absolute atomic E-state index is 0.191. The highest BCUT2D eigenvalue weighted by Gasteiger charge is 2.24. The Bertz CT molecular complexity index is 2080. The molecule has 2 aromatic heterocycles. The van der Waals surface area contributed by atoms with Crippen LogP contribution in [-0.4, -0.2) is 23.3 Å². The van der Waals surface area contributed by atoms with E-state index in [2.05, 4.69) is 10.6 Å². The maximum atomic E-state index is 12.8. The van der Waals surface area contributed by atoms with Crippen LogP contribution in [-0.2, 0) is 25.9 Å². The van der Waals surface area contributed by atoms with E-state index < -0.39 is 23.4 Å². The fourth-order valence-corrected chi connectivity index (χ4v) is 6.18. The third kappa shape index (κ3) is 8.57. The Morgan fingerprint density at radius 3 is 1.64 bits per heavy atom. The summed E-state index contributed by atoms with van der Waals surface area (Å²) in [5.74, 6) is 0. The van der Waals surface area contributed by atoms with Crippen LogP contribution in [0.2, 0.25) is 10.0 Å². The standard InChI is InChI=1S/C38H34Cl2N2O5/c39-30-11-13-35-26(19-30)17-28(37(44)46-35)22-41-32(15-24-7-3-1-4-8-24)21-34(43)33(16-25-9-5-2-6-10-25)42-23-29-18-27-20-31(40)12-14-36(27)47-38(29)45/h1-14,17-20,32-34,41-43H,15-16,21-23H2/t32-,33-,34-/m0/s1. The summed E-state index contributed by atoms with van der Waals surface area (Å²) in [5.41, 5.74) is 3.10. The Morgan fingerprint density at radius 2 is 1.11 bits per heavy atom. The van der Waals surface area contributed by atoms with Crippen LogP contribution < -0.4 is 21.9 Å². The van der Waals surface area contributed by atoms with Crippen molar-refractivity contribution in [3.05, 3.63) is 162 Å². The van der Waals surface area contributed by atoms with Gasteiger partial charge in [-0.2, -0.15) is 0 Å². The third-order valence-corrected chi connectivity index (χ3v) is 8.75. The van der Waals surface area contributed by atoms with Crippen molar-refractivity contribution in [1.29, 1.82) is 0 Å². The van der Waals surface area contributed by atoms with Crippen molar-refractivity contribution in [1.82, 2.24) is 10.6 Å². The van der Waals surface area contributed by atoms with Crippen LogP contribution in [0, 0.1) is 0 Å². The fourth-order valence-electron chi connectivity index (χ4n) is 5.82. The topological polar surface area (TPSA) is 105 Å². The second-order valence-corrected chi connectivity index (χ2v) is 12.6. The Morgan fingerprint density at radius 1 is 0.617 bits per heavy atom. The van der Waals surface area contributed by atoms with Gasteiger partial charge in [0, 0.05) is 46.0 Å². The molecule has 0 fully saturated rings. The van der Waals surface area contributed by atoms with E-state index >= 15 is 0 Å². The van der Waals surface area contributed by atoms with Crippen LogP contribution in [0.15, 0.2) is 128 Å². The van der Waals surface area contributed by atoms with Crippen molar-refractivity contribution >= 4 is 45.1 Å². The van der Waals surface area contributed by atoms with Gasteiger partial charge in [-0.1, -0.05) is 83.9 Å². The number of rotatable bonds is 13. The number of aliphatic hydroxyl groups excluding tert-OH is 1. The van der Waals surface area contributed by atoms with Crippen LogP contribution in [0.4, 0.5) is 0 Å². The fraction of sp³-hybridized carbons (Fsp3) is 0.211. The number of benzene rings is 4. The van der Waals surface area contributed by atoms with Crippen LogP contribution in [0.25, 0.3) is 21.9 Å². The highest BCUT2D eigenvalue weighted by atomic mass is 35.5. The van der Waals surface area contributed by atoms with Crippen LogP contribution in [0.3, 0.4) is 0 Å². The van der Waals surface area contributed by atoms with Gasteiger partial charge in [0.15, 0.2) is 0 Å². The Hall–Kier alpha value is -4.24. The van der Waals surface area contributed by atoms with Gasteiger partial charge in [0.05, 0.1) is 17.2 Å². The van der Waals surface area contributed by atoms with Crippen molar-refractivity contribution in [3.8, 4) is 0 Å². The predicted octanol–water partition coefficient (Wildman–Crippen LogP) is 7.06. The van der Waals surface area contributed by atoms with Gasteiger partial charge < -0.3 is 24.6 Å². The summed E-state index contributed by atoms with van der Waals surface area (Å²) >= 11 is 12.4. The maximum Gasteiger partial charge on any atom is 0.340 e. The molecule has 0 aliphatic heterocycles. The smallest absolute Gasteiger partial charge is 0.340 e. The van der Waals surface area contributed by atoms with E-state index in [1.54, 1.807) is 48.5 Å². The van der Waals surface area contributed by atoms with E-state index in [-0.39, 0.29) is 19.1 Å². The van der Waals surface area contributed by atoms with Gasteiger partial charge in [0.1, 0.15) is 11.2 Å². The normalized spacial score (nSPS) is 13.5. The second-order valence-electron chi connectivity index (χ2n) is 11.7. The molecule has 9 heteroatoms. The molecule has 0 aliphatic carbocycles. The summed E-state index contributed by atoms with van der Waals surface area (Å²) in [6.07, 6.45) is 0.701. The van der Waals surface area contributed by atoms with Crippen molar-refractivity contribution in [3.63, 3.8) is 0 Å². The number of halogens is 2. The zero-order valence-corrected chi connectivity index (χ0v) is 27.0. The Labute approximate surface area is 281 Å². The number of hydrogen-bond donors (Lipinski definition) is 3. The monoisotopic (exact) mass is 668 g/mol. The van der Waals surface area contributed by atoms with Gasteiger partial charge in [-0.05, 0) is 78.9 Å². The first kappa shape index (κ1) is 32.7. The minimum atomic E-state index is -0.815. The van der Waals surface area contributed by atoms with E-state index in [1.807, 2.05) is 60.7 Å². The SMILES string of the molecule is O=c1oc2ccc(Cl)cc2cc1CN[C@@H](Cc1ccccc1)C[C@H](O)[C@H](Cc1ccccc1)NCc1cc2cc(Cl)ccc2oc1=O. The predicted molar refractivity (Wildman–Crippen MR) is 187 cm³/mol. The van der Waals surface area contributed by atoms with Crippen molar-refractivity contribution in [2.45, 2.75) is 50.5 Å². The molecule has 6 rings (SSSR count). The zero-order valence-electron chi connectivity index (χ0n) is 25.5. The minimum Gasteiger partial charge on any atom is -0.422 e. The molecule has 3 N–H and O–H groups in total. The quantitative estimate of drug-likeness (QED) is 0.113. The molecular weight excluding hydrogens is 635 g/mol. The third-order valence-electron chi connectivity index (χ3n) is 8.28. The van der Waals surface area contributed by atoms with E-state index in [4.69, 9.17) is 32.0 Å². The van der Waals surface area contributed by atoms with Gasteiger partial charge in [-0.3, -0.25) is 0 Å². The molecule has 0 spiro atoms. The first-order chi connectivity index (χ1) is 22.8. The largest absolute Gasteiger partial charge is 0.422 e. The molecule has 2 heterocycles. The molecule has 0 radical (unpaired) electrons. The van der Waals surface area contributed by atoms with Gasteiger partial charge in [0.25, 0.3) is 0 Å². The summed E-state index contributed by atoms with van der Waals surface area (Å²) in [5, 5.41) is 21.3. The number of nitrogens with one attached hydrogen (secondary N) is 2. The summed E-state index contributed by atoms with van der Waals surface area (Å²) in [6, 6.07) is 33.1. The first-order valence-electron chi connectivity index (χ1n) is 15.5. The lowest BCUT2D eigenvalue weighted by Gasteiger charge is -2.29. The summed E-state index contributed by atoms with van der Waals surface area (Å²) < 4.78 is 11.1. The van der Waals surface area contributed by atoms with Gasteiger partial charge in [0.2, 0.25) is 0 Å². The van der Waals surface area contributed by atoms with Gasteiger partial charge in [-0.25, -0.2) is 9.59 Å². The molecule has 240 valence electrons. The summed E-state index contributed by atoms with van der Waals surface area (Å²) in [6.45, 7) is 0.434. The highest BCUT2D eigenvalue weighted by Crippen LogP contribution is 2.21. The lowest BCUT2D eigenvalue weighted by atomic mass is 9.93. The van der Waals surface area contributed by atoms with E-state index in [0.29, 0.717) is 51.6 Å². The molecule has 47 heavy (non-hydrogen) atoms. The van der Waals surface area contributed by atoms with Crippen molar-refractivity contribution in [2.75, 3.05) is 0 Å². The number of fused-ring (bicyclic) bond motifs is 2. The second kappa shape index (κ2) is 15.1.